The van der Waals surface area contributed by atoms with Gasteiger partial charge in [0.1, 0.15) is 12.5 Å². The Bertz CT molecular complexity index is 2940. The van der Waals surface area contributed by atoms with E-state index in [0.29, 0.717) is 6.67 Å². The summed E-state index contributed by atoms with van der Waals surface area (Å²) < 4.78 is 2.34. The van der Waals surface area contributed by atoms with Crippen LogP contribution in [0.2, 0.25) is 0 Å². The number of para-hydroxylation sites is 4. The van der Waals surface area contributed by atoms with Crippen molar-refractivity contribution in [3.63, 3.8) is 0 Å². The summed E-state index contributed by atoms with van der Waals surface area (Å²) in [6.07, 6.45) is 9.43. The zero-order valence-corrected chi connectivity index (χ0v) is 34.1. The standard InChI is InChI=1S/C53H46N6/c1-52(2,3)38-26-31-56-50(34-38)59-46-17-7-6-14-44(46)45-21-20-40(33-49(45)59)53(4,5)39-12-10-13-41(32-39)57-35-58(48-19-9-8-18-47(48)57)51-42(36-22-27-54-28-23-36)15-11-16-43(51)37-24-29-55-30-25-37/h6-34H,35H2,1-5H3. The van der Waals surface area contributed by atoms with Crippen LogP contribution in [0.3, 0.4) is 0 Å². The smallest absolute Gasteiger partial charge is 0.137 e. The molecular formula is C53H46N6. The molecule has 0 spiro atoms. The summed E-state index contributed by atoms with van der Waals surface area (Å²) in [6.45, 7) is 12.1. The van der Waals surface area contributed by atoms with E-state index < -0.39 is 0 Å². The van der Waals surface area contributed by atoms with Crippen LogP contribution in [-0.4, -0.2) is 26.2 Å². The molecular weight excluding hydrogens is 721 g/mol. The topological polar surface area (TPSA) is 50.1 Å². The fraction of sp³-hybridized carbons (Fsp3) is 0.151. The zero-order valence-electron chi connectivity index (χ0n) is 34.1. The minimum absolute atomic E-state index is 0.00635. The summed E-state index contributed by atoms with van der Waals surface area (Å²) in [7, 11) is 0. The molecule has 1 aliphatic rings. The highest BCUT2D eigenvalue weighted by Crippen LogP contribution is 2.50. The Morgan fingerprint density at radius 1 is 0.475 bits per heavy atom. The van der Waals surface area contributed by atoms with Crippen molar-refractivity contribution >= 4 is 44.6 Å². The largest absolute Gasteiger partial charge is 0.321 e. The maximum absolute atomic E-state index is 4.94. The average molecular weight is 767 g/mol. The molecule has 10 rings (SSSR count). The molecule has 0 unspecified atom stereocenters. The molecule has 4 aromatic heterocycles. The molecule has 1 aliphatic heterocycles. The summed E-state index contributed by atoms with van der Waals surface area (Å²) in [5.74, 6) is 0.940. The first-order chi connectivity index (χ1) is 28.7. The van der Waals surface area contributed by atoms with E-state index in [1.54, 1.807) is 0 Å². The molecule has 0 fully saturated rings. The second-order valence-corrected chi connectivity index (χ2v) is 17.1. The minimum atomic E-state index is -0.312. The third-order valence-corrected chi connectivity index (χ3v) is 12.2. The lowest BCUT2D eigenvalue weighted by molar-refractivity contribution is 0.588. The van der Waals surface area contributed by atoms with Gasteiger partial charge in [-0.2, -0.15) is 0 Å². The Morgan fingerprint density at radius 2 is 1.08 bits per heavy atom. The molecule has 0 amide bonds. The maximum atomic E-state index is 4.94. The summed E-state index contributed by atoms with van der Waals surface area (Å²) >= 11 is 0. The molecule has 5 heterocycles. The molecule has 0 atom stereocenters. The molecule has 288 valence electrons. The summed E-state index contributed by atoms with van der Waals surface area (Å²) in [6, 6.07) is 52.9. The number of fused-ring (bicyclic) bond motifs is 4. The lowest BCUT2D eigenvalue weighted by atomic mass is 9.77. The van der Waals surface area contributed by atoms with Gasteiger partial charge < -0.3 is 9.80 Å². The van der Waals surface area contributed by atoms with Crippen LogP contribution in [0.4, 0.5) is 22.7 Å². The summed E-state index contributed by atoms with van der Waals surface area (Å²) in [5, 5.41) is 2.45. The van der Waals surface area contributed by atoms with Gasteiger partial charge in [0.25, 0.3) is 0 Å². The van der Waals surface area contributed by atoms with Gasteiger partial charge in [0.05, 0.1) is 28.1 Å². The molecule has 0 radical (unpaired) electrons. The number of aromatic nitrogens is 4. The van der Waals surface area contributed by atoms with E-state index >= 15 is 0 Å². The molecule has 0 saturated heterocycles. The van der Waals surface area contributed by atoms with E-state index in [-0.39, 0.29) is 10.8 Å². The number of pyridine rings is 3. The molecule has 0 bridgehead atoms. The molecule has 0 aliphatic carbocycles. The highest BCUT2D eigenvalue weighted by atomic mass is 15.4. The van der Waals surface area contributed by atoms with Gasteiger partial charge in [-0.15, -0.1) is 0 Å². The van der Waals surface area contributed by atoms with Crippen molar-refractivity contribution in [1.29, 1.82) is 0 Å². The third kappa shape index (κ3) is 6.23. The molecule has 0 saturated carbocycles. The fourth-order valence-electron chi connectivity index (χ4n) is 8.83. The van der Waals surface area contributed by atoms with Crippen LogP contribution >= 0.6 is 0 Å². The van der Waals surface area contributed by atoms with E-state index in [1.165, 1.54) is 33.2 Å². The first-order valence-electron chi connectivity index (χ1n) is 20.4. The number of hydrogen-bond donors (Lipinski definition) is 0. The minimum Gasteiger partial charge on any atom is -0.321 e. The van der Waals surface area contributed by atoms with Crippen molar-refractivity contribution in [3.8, 4) is 28.1 Å². The number of hydrogen-bond acceptors (Lipinski definition) is 5. The Labute approximate surface area is 346 Å². The monoisotopic (exact) mass is 766 g/mol. The first-order valence-corrected chi connectivity index (χ1v) is 20.4. The van der Waals surface area contributed by atoms with Gasteiger partial charge in [-0.25, -0.2) is 4.98 Å². The van der Waals surface area contributed by atoms with Crippen LogP contribution in [0.15, 0.2) is 177 Å². The van der Waals surface area contributed by atoms with Crippen LogP contribution in [0, 0.1) is 0 Å². The molecule has 5 aromatic carbocycles. The second kappa shape index (κ2) is 14.1. The van der Waals surface area contributed by atoms with Crippen molar-refractivity contribution < 1.29 is 0 Å². The van der Waals surface area contributed by atoms with Crippen LogP contribution < -0.4 is 9.80 Å². The van der Waals surface area contributed by atoms with Gasteiger partial charge in [0, 0.05) is 64.0 Å². The SMILES string of the molecule is CC(C)(C)c1ccnc(-n2c3ccccc3c3ccc(C(C)(C)c4cccc(N5CN(c6c(-c7ccncc7)cccc6-c6ccncc6)c6ccccc65)c4)cc32)c1. The van der Waals surface area contributed by atoms with E-state index in [4.69, 9.17) is 4.98 Å². The predicted molar refractivity (Wildman–Crippen MR) is 244 cm³/mol. The van der Waals surface area contributed by atoms with E-state index in [1.807, 2.05) is 31.0 Å². The molecule has 6 heteroatoms. The van der Waals surface area contributed by atoms with Gasteiger partial charge in [0.2, 0.25) is 0 Å². The lowest BCUT2D eigenvalue weighted by Crippen LogP contribution is -2.25. The molecule has 6 nitrogen and oxygen atoms in total. The van der Waals surface area contributed by atoms with Crippen LogP contribution in [0.5, 0.6) is 0 Å². The van der Waals surface area contributed by atoms with Gasteiger partial charge in [-0.1, -0.05) is 107 Å². The lowest BCUT2D eigenvalue weighted by Gasteiger charge is -2.29. The van der Waals surface area contributed by atoms with Crippen molar-refractivity contribution in [3.05, 3.63) is 193 Å². The van der Waals surface area contributed by atoms with Crippen molar-refractivity contribution in [2.75, 3.05) is 16.5 Å². The molecule has 0 N–H and O–H groups in total. The third-order valence-electron chi connectivity index (χ3n) is 12.2. The quantitative estimate of drug-likeness (QED) is 0.162. The van der Waals surface area contributed by atoms with E-state index in [2.05, 4.69) is 205 Å². The summed E-state index contributed by atoms with van der Waals surface area (Å²) in [5.41, 5.74) is 15.0. The van der Waals surface area contributed by atoms with E-state index in [0.717, 1.165) is 56.2 Å². The van der Waals surface area contributed by atoms with Gasteiger partial charge >= 0.3 is 0 Å². The Balaban J connectivity index is 1.07. The van der Waals surface area contributed by atoms with Gasteiger partial charge in [-0.05, 0) is 106 Å². The number of nitrogens with zero attached hydrogens (tertiary/aromatic N) is 6. The molecule has 9 aromatic rings. The number of benzene rings is 5. The van der Waals surface area contributed by atoms with Crippen molar-refractivity contribution in [1.82, 2.24) is 19.5 Å². The van der Waals surface area contributed by atoms with Gasteiger partial charge in [-0.3, -0.25) is 14.5 Å². The fourth-order valence-corrected chi connectivity index (χ4v) is 8.83. The number of rotatable bonds is 7. The van der Waals surface area contributed by atoms with Crippen LogP contribution in [0.1, 0.15) is 51.3 Å². The van der Waals surface area contributed by atoms with Gasteiger partial charge in [0.15, 0.2) is 0 Å². The van der Waals surface area contributed by atoms with Crippen molar-refractivity contribution in [2.45, 2.75) is 45.4 Å². The number of anilines is 4. The predicted octanol–water partition coefficient (Wildman–Crippen LogP) is 13.2. The average Bonchev–Trinajstić information content (AvgIpc) is 3.82. The zero-order chi connectivity index (χ0) is 40.3. The van der Waals surface area contributed by atoms with Crippen LogP contribution in [0.25, 0.3) is 49.9 Å². The Kier molecular flexibility index (Phi) is 8.68. The highest BCUT2D eigenvalue weighted by molar-refractivity contribution is 6.09. The highest BCUT2D eigenvalue weighted by Gasteiger charge is 2.33. The van der Waals surface area contributed by atoms with Crippen LogP contribution in [-0.2, 0) is 10.8 Å². The summed E-state index contributed by atoms with van der Waals surface area (Å²) in [4.78, 5) is 18.5. The normalized spacial score (nSPS) is 13.0. The maximum Gasteiger partial charge on any atom is 0.137 e. The molecule has 59 heavy (non-hydrogen) atoms. The first kappa shape index (κ1) is 36.3. The Hall–Kier alpha value is -7.05. The van der Waals surface area contributed by atoms with Crippen molar-refractivity contribution in [2.24, 2.45) is 0 Å². The van der Waals surface area contributed by atoms with E-state index in [9.17, 15) is 0 Å². The second-order valence-electron chi connectivity index (χ2n) is 17.1. The Morgan fingerprint density at radius 3 is 1.78 bits per heavy atom.